The molecule has 2 aromatic rings. The third-order valence-corrected chi connectivity index (χ3v) is 1.79. The van der Waals surface area contributed by atoms with Crippen molar-refractivity contribution in [2.24, 2.45) is 0 Å². The average molecular weight is 195 g/mol. The smallest absolute Gasteiger partial charge is 0.339 e. The summed E-state index contributed by atoms with van der Waals surface area (Å²) in [7, 11) is 0. The van der Waals surface area contributed by atoms with Crippen LogP contribution in [0.25, 0.3) is 11.1 Å². The van der Waals surface area contributed by atoms with E-state index >= 15 is 0 Å². The molecule has 0 amide bonds. The molecule has 0 saturated carbocycles. The van der Waals surface area contributed by atoms with Crippen molar-refractivity contribution in [2.45, 2.75) is 6.92 Å². The lowest BCUT2D eigenvalue weighted by atomic mass is 10.2. The minimum atomic E-state index is -1.23. The molecule has 0 unspecified atom stereocenters. The maximum absolute atomic E-state index is 12.9. The fraction of sp³-hybridized carbons (Fsp3) is 0.111. The Morgan fingerprint density at radius 2 is 2.29 bits per heavy atom. The van der Waals surface area contributed by atoms with Gasteiger partial charge in [-0.15, -0.1) is 0 Å². The number of nitrogens with zero attached hydrogens (tertiary/aromatic N) is 1. The highest BCUT2D eigenvalue weighted by molar-refractivity contribution is 5.99. The van der Waals surface area contributed by atoms with Crippen LogP contribution < -0.4 is 0 Å². The molecule has 5 heteroatoms. The van der Waals surface area contributed by atoms with E-state index in [1.807, 2.05) is 0 Å². The second-order valence-electron chi connectivity index (χ2n) is 2.84. The lowest BCUT2D eigenvalue weighted by molar-refractivity contribution is 0.0697. The van der Waals surface area contributed by atoms with Gasteiger partial charge in [0.2, 0.25) is 0 Å². The zero-order valence-electron chi connectivity index (χ0n) is 7.24. The molecular formula is C9H6FNO3. The fourth-order valence-corrected chi connectivity index (χ4v) is 1.27. The van der Waals surface area contributed by atoms with Gasteiger partial charge in [-0.2, -0.15) is 0 Å². The molecular weight excluding hydrogens is 189 g/mol. The number of carboxylic acids is 1. The summed E-state index contributed by atoms with van der Waals surface area (Å²) in [5.74, 6) is -1.55. The zero-order valence-corrected chi connectivity index (χ0v) is 7.24. The van der Waals surface area contributed by atoms with E-state index in [9.17, 15) is 9.18 Å². The first-order valence-corrected chi connectivity index (χ1v) is 3.88. The summed E-state index contributed by atoms with van der Waals surface area (Å²) in [5, 5.41) is 8.76. The van der Waals surface area contributed by atoms with Gasteiger partial charge >= 0.3 is 5.97 Å². The number of aryl methyl sites for hydroxylation is 1. The summed E-state index contributed by atoms with van der Waals surface area (Å²) in [4.78, 5) is 14.6. The third-order valence-electron chi connectivity index (χ3n) is 1.79. The molecule has 14 heavy (non-hydrogen) atoms. The van der Waals surface area contributed by atoms with Crippen molar-refractivity contribution in [3.8, 4) is 0 Å². The van der Waals surface area contributed by atoms with Gasteiger partial charge in [0.25, 0.3) is 0 Å². The molecule has 0 fully saturated rings. The Balaban J connectivity index is 2.85. The molecule has 0 radical (unpaired) electrons. The largest absolute Gasteiger partial charge is 0.478 e. The van der Waals surface area contributed by atoms with Crippen LogP contribution >= 0.6 is 0 Å². The van der Waals surface area contributed by atoms with Crippen molar-refractivity contribution < 1.29 is 18.7 Å². The summed E-state index contributed by atoms with van der Waals surface area (Å²) in [6.45, 7) is 1.57. The summed E-state index contributed by atoms with van der Waals surface area (Å²) in [6, 6.07) is 2.05. The maximum atomic E-state index is 12.9. The van der Waals surface area contributed by atoms with Gasteiger partial charge in [0, 0.05) is 13.0 Å². The van der Waals surface area contributed by atoms with E-state index in [4.69, 9.17) is 9.52 Å². The highest BCUT2D eigenvalue weighted by Crippen LogP contribution is 2.21. The van der Waals surface area contributed by atoms with Crippen LogP contribution in [0.5, 0.6) is 0 Å². The molecule has 0 aliphatic rings. The highest BCUT2D eigenvalue weighted by Gasteiger charge is 2.15. The van der Waals surface area contributed by atoms with E-state index in [2.05, 4.69) is 4.98 Å². The summed E-state index contributed by atoms with van der Waals surface area (Å²) in [6.07, 6.45) is 0. The first-order chi connectivity index (χ1) is 6.58. The van der Waals surface area contributed by atoms with Crippen molar-refractivity contribution in [3.05, 3.63) is 29.4 Å². The molecule has 2 rings (SSSR count). The number of hydrogen-bond acceptors (Lipinski definition) is 3. The summed E-state index contributed by atoms with van der Waals surface area (Å²) >= 11 is 0. The molecule has 0 aliphatic heterocycles. The van der Waals surface area contributed by atoms with E-state index in [1.54, 1.807) is 6.92 Å². The van der Waals surface area contributed by atoms with Crippen molar-refractivity contribution in [3.63, 3.8) is 0 Å². The number of oxazole rings is 1. The Morgan fingerprint density at radius 1 is 1.57 bits per heavy atom. The second-order valence-corrected chi connectivity index (χ2v) is 2.84. The molecule has 1 aromatic heterocycles. The van der Waals surface area contributed by atoms with Crippen LogP contribution in [0.2, 0.25) is 0 Å². The molecule has 1 N–H and O–H groups in total. The minimum absolute atomic E-state index is 0.108. The molecule has 72 valence electrons. The quantitative estimate of drug-likeness (QED) is 0.755. The number of benzene rings is 1. The lowest BCUT2D eigenvalue weighted by Gasteiger charge is -1.94. The van der Waals surface area contributed by atoms with Gasteiger partial charge in [0.1, 0.15) is 16.9 Å². The van der Waals surface area contributed by atoms with Gasteiger partial charge in [0.15, 0.2) is 11.5 Å². The number of hydrogen-bond donors (Lipinski definition) is 1. The van der Waals surface area contributed by atoms with Crippen molar-refractivity contribution >= 4 is 17.1 Å². The lowest BCUT2D eigenvalue weighted by Crippen LogP contribution is -1.97. The Morgan fingerprint density at radius 3 is 2.93 bits per heavy atom. The first-order valence-electron chi connectivity index (χ1n) is 3.88. The number of fused-ring (bicyclic) bond motifs is 1. The molecule has 0 atom stereocenters. The van der Waals surface area contributed by atoms with E-state index in [-0.39, 0.29) is 16.7 Å². The van der Waals surface area contributed by atoms with Crippen LogP contribution in [0.4, 0.5) is 4.39 Å². The van der Waals surface area contributed by atoms with Crippen LogP contribution in [0.3, 0.4) is 0 Å². The number of rotatable bonds is 1. The fourth-order valence-electron chi connectivity index (χ4n) is 1.27. The van der Waals surface area contributed by atoms with Gasteiger partial charge < -0.3 is 9.52 Å². The predicted octanol–water partition coefficient (Wildman–Crippen LogP) is 1.97. The van der Waals surface area contributed by atoms with Crippen molar-refractivity contribution in [2.75, 3.05) is 0 Å². The molecule has 0 bridgehead atoms. The number of aromatic nitrogens is 1. The minimum Gasteiger partial charge on any atom is -0.478 e. The Bertz CT molecular complexity index is 518. The molecule has 0 aliphatic carbocycles. The molecule has 1 aromatic carbocycles. The van der Waals surface area contributed by atoms with Gasteiger partial charge in [0.05, 0.1) is 0 Å². The predicted molar refractivity (Wildman–Crippen MR) is 45.7 cm³/mol. The molecule has 0 spiro atoms. The van der Waals surface area contributed by atoms with Gasteiger partial charge in [-0.1, -0.05) is 0 Å². The van der Waals surface area contributed by atoms with Crippen LogP contribution in [-0.4, -0.2) is 16.1 Å². The molecule has 0 saturated heterocycles. The maximum Gasteiger partial charge on any atom is 0.339 e. The van der Waals surface area contributed by atoms with Gasteiger partial charge in [-0.05, 0) is 6.07 Å². The summed E-state index contributed by atoms with van der Waals surface area (Å²) in [5.41, 5.74) is 0.122. The SMILES string of the molecule is Cc1nc2cc(F)cc(C(=O)O)c2o1. The van der Waals surface area contributed by atoms with Crippen LogP contribution in [0, 0.1) is 12.7 Å². The first kappa shape index (κ1) is 8.68. The summed E-state index contributed by atoms with van der Waals surface area (Å²) < 4.78 is 18.0. The second kappa shape index (κ2) is 2.80. The zero-order chi connectivity index (χ0) is 10.3. The normalized spacial score (nSPS) is 10.7. The Hall–Kier alpha value is -1.91. The Kier molecular flexibility index (Phi) is 1.73. The van der Waals surface area contributed by atoms with E-state index in [1.165, 1.54) is 0 Å². The Labute approximate surface area is 78.0 Å². The molecule has 1 heterocycles. The molecule has 4 nitrogen and oxygen atoms in total. The van der Waals surface area contributed by atoms with Crippen LogP contribution in [-0.2, 0) is 0 Å². The highest BCUT2D eigenvalue weighted by atomic mass is 19.1. The monoisotopic (exact) mass is 195 g/mol. The van der Waals surface area contributed by atoms with Gasteiger partial charge in [-0.3, -0.25) is 0 Å². The van der Waals surface area contributed by atoms with E-state index in [0.717, 1.165) is 12.1 Å². The average Bonchev–Trinajstić information content (AvgIpc) is 2.42. The van der Waals surface area contributed by atoms with Crippen molar-refractivity contribution in [1.82, 2.24) is 4.98 Å². The van der Waals surface area contributed by atoms with E-state index in [0.29, 0.717) is 5.89 Å². The van der Waals surface area contributed by atoms with Crippen LogP contribution in [0.15, 0.2) is 16.5 Å². The third kappa shape index (κ3) is 1.22. The number of carboxylic acid groups (broad SMARTS) is 1. The van der Waals surface area contributed by atoms with E-state index < -0.39 is 11.8 Å². The topological polar surface area (TPSA) is 63.3 Å². The number of carbonyl (C=O) groups is 1. The van der Waals surface area contributed by atoms with Crippen molar-refractivity contribution in [1.29, 1.82) is 0 Å². The standard InChI is InChI=1S/C9H6FNO3/c1-4-11-7-3-5(10)2-6(9(12)13)8(7)14-4/h2-3H,1H3,(H,12,13). The number of halogens is 1. The van der Waals surface area contributed by atoms with Gasteiger partial charge in [-0.25, -0.2) is 14.2 Å². The number of aromatic carboxylic acids is 1. The van der Waals surface area contributed by atoms with Crippen LogP contribution in [0.1, 0.15) is 16.2 Å².